The number of Topliss-reactive ketones (excluding diaryl/α,β-unsaturated/α-hetero) is 1. The molecule has 0 bridgehead atoms. The van der Waals surface area contributed by atoms with E-state index in [-0.39, 0.29) is 23.5 Å². The van der Waals surface area contributed by atoms with Crippen molar-refractivity contribution >= 4 is 46.7 Å². The molecule has 0 aliphatic carbocycles. The van der Waals surface area contributed by atoms with E-state index in [1.54, 1.807) is 60.7 Å². The number of benzene rings is 3. The molecular weight excluding hydrogens is 608 g/mol. The minimum Gasteiger partial charge on any atom is -0.491 e. The second-order valence-electron chi connectivity index (χ2n) is 9.97. The van der Waals surface area contributed by atoms with Gasteiger partial charge in [0.1, 0.15) is 24.2 Å². The van der Waals surface area contributed by atoms with Crippen molar-refractivity contribution in [3.05, 3.63) is 102 Å². The fourth-order valence-electron chi connectivity index (χ4n) is 4.12. The van der Waals surface area contributed by atoms with Crippen molar-refractivity contribution in [3.63, 3.8) is 0 Å². The summed E-state index contributed by atoms with van der Waals surface area (Å²) >= 11 is 7.33. The topological polar surface area (TPSA) is 131 Å². The highest BCUT2D eigenvalue weighted by Gasteiger charge is 2.33. The molecule has 0 spiro atoms. The first kappa shape index (κ1) is 31.1. The summed E-state index contributed by atoms with van der Waals surface area (Å²) in [6.45, 7) is 4.56. The summed E-state index contributed by atoms with van der Waals surface area (Å²) in [5, 5.41) is 10.6. The molecule has 1 saturated heterocycles. The predicted molar refractivity (Wildman–Crippen MR) is 162 cm³/mol. The van der Waals surface area contributed by atoms with Gasteiger partial charge in [-0.05, 0) is 86.6 Å². The lowest BCUT2D eigenvalue weighted by Crippen LogP contribution is -2.25. The summed E-state index contributed by atoms with van der Waals surface area (Å²) in [4.78, 5) is 44.2. The number of halogens is 1. The maximum Gasteiger partial charge on any atom is 0.462 e. The number of carbonyl (C=O) groups is 3. The number of rotatable bonds is 11. The highest BCUT2D eigenvalue weighted by Crippen LogP contribution is 2.29. The average molecular weight is 635 g/mol. The van der Waals surface area contributed by atoms with E-state index in [0.29, 0.717) is 35.7 Å². The molecular formula is C31H27ClN4O7S. The molecule has 13 heteroatoms. The summed E-state index contributed by atoms with van der Waals surface area (Å²) in [5.41, 5.74) is 1.29. The zero-order chi connectivity index (χ0) is 31.1. The summed E-state index contributed by atoms with van der Waals surface area (Å²) < 4.78 is 17.9. The first-order valence-corrected chi connectivity index (χ1v) is 14.8. The Morgan fingerprint density at radius 2 is 1.59 bits per heavy atom. The highest BCUT2D eigenvalue weighted by atomic mass is 35.5. The molecule has 226 valence electrons. The van der Waals surface area contributed by atoms with Gasteiger partial charge in [0.2, 0.25) is 5.78 Å². The van der Waals surface area contributed by atoms with Crippen molar-refractivity contribution < 1.29 is 33.4 Å². The lowest BCUT2D eigenvalue weighted by molar-refractivity contribution is -0.141. The number of hydrogen-bond acceptors (Lipinski definition) is 11. The molecule has 2 heterocycles. The fraction of sp³-hybridized carbons (Fsp3) is 0.226. The number of aromatic nitrogens is 3. The third-order valence-corrected chi connectivity index (χ3v) is 7.59. The molecule has 0 saturated carbocycles. The molecule has 5 rings (SSSR count). The third kappa shape index (κ3) is 7.97. The molecule has 1 atom stereocenters. The number of carbonyl (C=O) groups excluding carboxylic acids is 3. The Balaban J connectivity index is 1.14. The van der Waals surface area contributed by atoms with Crippen LogP contribution < -0.4 is 4.74 Å². The van der Waals surface area contributed by atoms with E-state index in [4.69, 9.17) is 30.6 Å². The first-order valence-electron chi connectivity index (χ1n) is 13.4. The number of ketones is 2. The summed E-state index contributed by atoms with van der Waals surface area (Å²) in [6.07, 6.45) is 1.51. The van der Waals surface area contributed by atoms with Gasteiger partial charge in [-0.3, -0.25) is 14.4 Å². The monoisotopic (exact) mass is 634 g/mol. The zero-order valence-electron chi connectivity index (χ0n) is 23.7. The minimum absolute atomic E-state index is 0.103. The van der Waals surface area contributed by atoms with Crippen molar-refractivity contribution in [2.45, 2.75) is 35.5 Å². The van der Waals surface area contributed by atoms with Crippen LogP contribution in [0.4, 0.5) is 4.79 Å². The number of alkyl halides is 1. The van der Waals surface area contributed by atoms with Gasteiger partial charge >= 0.3 is 6.09 Å². The number of nitrogens with zero attached hydrogens (tertiary/aromatic N) is 4. The van der Waals surface area contributed by atoms with E-state index in [1.807, 2.05) is 26.0 Å². The molecule has 4 aromatic rings. The van der Waals surface area contributed by atoms with Crippen LogP contribution in [0.1, 0.15) is 40.1 Å². The van der Waals surface area contributed by atoms with E-state index in [0.717, 1.165) is 14.5 Å². The van der Waals surface area contributed by atoms with E-state index < -0.39 is 17.7 Å². The Hall–Kier alpha value is -4.36. The van der Waals surface area contributed by atoms with Gasteiger partial charge in [-0.2, -0.15) is 4.68 Å². The van der Waals surface area contributed by atoms with Gasteiger partial charge in [-0.1, -0.05) is 22.1 Å². The average Bonchev–Trinajstić information content (AvgIpc) is 3.70. The molecule has 1 fully saturated rings. The quantitative estimate of drug-likeness (QED) is 0.0670. The van der Waals surface area contributed by atoms with E-state index in [2.05, 4.69) is 15.5 Å². The van der Waals surface area contributed by atoms with Crippen LogP contribution in [0.25, 0.3) is 0 Å². The van der Waals surface area contributed by atoms with Gasteiger partial charge in [0, 0.05) is 26.5 Å². The van der Waals surface area contributed by atoms with Crippen LogP contribution >= 0.6 is 23.4 Å². The van der Waals surface area contributed by atoms with Crippen molar-refractivity contribution in [2.75, 3.05) is 19.1 Å². The number of ether oxygens (including phenoxy) is 3. The number of oxime groups is 1. The van der Waals surface area contributed by atoms with Gasteiger partial charge in [-0.15, -0.1) is 16.7 Å². The largest absolute Gasteiger partial charge is 0.491 e. The molecule has 1 aromatic heterocycles. The molecule has 1 aliphatic rings. The van der Waals surface area contributed by atoms with Crippen LogP contribution in [0, 0.1) is 0 Å². The molecule has 1 aliphatic heterocycles. The molecule has 0 amide bonds. The molecule has 0 radical (unpaired) electrons. The standard InChI is InChI=1S/C31H27ClN4O7S/c1-31(2)41-19-24(42-31)18-40-23-9-3-20(4-10-23)28(37)21-5-11-25(12-6-21)44-26-13-7-22(8-14-26)29(38)27(17-32)34-43-30(39)36-16-15-33-35-36/h3-16,24H,17-19H2,1-2H3/b34-27+. The summed E-state index contributed by atoms with van der Waals surface area (Å²) in [7, 11) is 0. The number of hydrogen-bond donors (Lipinski definition) is 0. The predicted octanol–water partition coefficient (Wildman–Crippen LogP) is 5.65. The fourth-order valence-corrected chi connectivity index (χ4v) is 5.11. The maximum absolute atomic E-state index is 13.0. The van der Waals surface area contributed by atoms with Gasteiger partial charge in [0.25, 0.3) is 0 Å². The highest BCUT2D eigenvalue weighted by molar-refractivity contribution is 7.99. The molecule has 1 unspecified atom stereocenters. The Morgan fingerprint density at radius 3 is 2.14 bits per heavy atom. The van der Waals surface area contributed by atoms with Crippen LogP contribution in [-0.4, -0.2) is 69.4 Å². The normalized spacial score (nSPS) is 16.0. The van der Waals surface area contributed by atoms with E-state index in [9.17, 15) is 14.4 Å². The SMILES string of the molecule is CC1(C)OCC(COc2ccc(C(=O)c3ccc(Sc4ccc(C(=O)/C(CCl)=N/OC(=O)n5ccnn5)cc4)cc3)cc2)O1. The van der Waals surface area contributed by atoms with E-state index >= 15 is 0 Å². The second-order valence-corrected chi connectivity index (χ2v) is 11.4. The Morgan fingerprint density at radius 1 is 0.977 bits per heavy atom. The minimum atomic E-state index is -0.925. The van der Waals surface area contributed by atoms with Crippen molar-refractivity contribution in [1.29, 1.82) is 0 Å². The van der Waals surface area contributed by atoms with Gasteiger partial charge in [0.05, 0.1) is 24.9 Å². The van der Waals surface area contributed by atoms with Gasteiger partial charge in [0.15, 0.2) is 11.6 Å². The molecule has 44 heavy (non-hydrogen) atoms. The first-order chi connectivity index (χ1) is 21.2. The lowest BCUT2D eigenvalue weighted by atomic mass is 10.0. The zero-order valence-corrected chi connectivity index (χ0v) is 25.3. The van der Waals surface area contributed by atoms with Crippen LogP contribution in [0.2, 0.25) is 0 Å². The van der Waals surface area contributed by atoms with Crippen LogP contribution in [-0.2, 0) is 14.3 Å². The molecule has 3 aromatic carbocycles. The Kier molecular flexibility index (Phi) is 9.85. The summed E-state index contributed by atoms with van der Waals surface area (Å²) in [5.74, 6) is -0.796. The van der Waals surface area contributed by atoms with E-state index in [1.165, 1.54) is 24.2 Å². The van der Waals surface area contributed by atoms with Crippen molar-refractivity contribution in [2.24, 2.45) is 5.16 Å². The van der Waals surface area contributed by atoms with Gasteiger partial charge < -0.3 is 14.2 Å². The van der Waals surface area contributed by atoms with Crippen LogP contribution in [0.15, 0.2) is 100 Å². The Bertz CT molecular complexity index is 1640. The smallest absolute Gasteiger partial charge is 0.462 e. The summed E-state index contributed by atoms with van der Waals surface area (Å²) in [6, 6.07) is 21.1. The third-order valence-electron chi connectivity index (χ3n) is 6.32. The molecule has 11 nitrogen and oxygen atoms in total. The second kappa shape index (κ2) is 14.0. The Labute approximate surface area is 262 Å². The lowest BCUT2D eigenvalue weighted by Gasteiger charge is -2.17. The molecule has 0 N–H and O–H groups in total. The van der Waals surface area contributed by atoms with Crippen molar-refractivity contribution in [1.82, 2.24) is 15.0 Å². The van der Waals surface area contributed by atoms with Crippen LogP contribution in [0.3, 0.4) is 0 Å². The van der Waals surface area contributed by atoms with Crippen LogP contribution in [0.5, 0.6) is 5.75 Å². The van der Waals surface area contributed by atoms with Gasteiger partial charge in [-0.25, -0.2) is 4.79 Å². The van der Waals surface area contributed by atoms with Crippen molar-refractivity contribution in [3.8, 4) is 5.75 Å². The maximum atomic E-state index is 13.0.